The van der Waals surface area contributed by atoms with Crippen LogP contribution < -0.4 is 0 Å². The van der Waals surface area contributed by atoms with Gasteiger partial charge in [-0.2, -0.15) is 4.68 Å². The van der Waals surface area contributed by atoms with E-state index in [0.29, 0.717) is 23.6 Å². The molecular weight excluding hydrogens is 342 g/mol. The van der Waals surface area contributed by atoms with E-state index in [1.807, 2.05) is 43.3 Å². The van der Waals surface area contributed by atoms with Crippen LogP contribution in [0.15, 0.2) is 54.9 Å². The lowest BCUT2D eigenvalue weighted by Gasteiger charge is -2.18. The smallest absolute Gasteiger partial charge is 0.256 e. The average Bonchev–Trinajstić information content (AvgIpc) is 3.22. The minimum atomic E-state index is -0.157. The Morgan fingerprint density at radius 1 is 1.07 bits per heavy atom. The van der Waals surface area contributed by atoms with Crippen LogP contribution in [-0.4, -0.2) is 48.0 Å². The third kappa shape index (κ3) is 3.24. The summed E-state index contributed by atoms with van der Waals surface area (Å²) in [7, 11) is 1.73. The van der Waals surface area contributed by atoms with Gasteiger partial charge in [0.15, 0.2) is 0 Å². The number of carbonyl (C=O) groups excluding carboxylic acids is 1. The van der Waals surface area contributed by atoms with Gasteiger partial charge >= 0.3 is 0 Å². The minimum absolute atomic E-state index is 0.157. The summed E-state index contributed by atoms with van der Waals surface area (Å²) < 4.78 is 1.47. The number of aromatic nitrogens is 6. The van der Waals surface area contributed by atoms with Crippen molar-refractivity contribution in [3.05, 3.63) is 71.9 Å². The fourth-order valence-electron chi connectivity index (χ4n) is 2.98. The minimum Gasteiger partial charge on any atom is -0.334 e. The molecule has 0 unspecified atom stereocenters. The second-order valence-corrected chi connectivity index (χ2v) is 6.18. The summed E-state index contributed by atoms with van der Waals surface area (Å²) in [6.45, 7) is 2.25. The van der Waals surface area contributed by atoms with Gasteiger partial charge < -0.3 is 4.90 Å². The maximum atomic E-state index is 13.0. The first-order valence-corrected chi connectivity index (χ1v) is 8.43. The molecule has 2 aromatic heterocycles. The molecule has 0 radical (unpaired) electrons. The molecular formula is C19H17N7O. The zero-order valence-corrected chi connectivity index (χ0v) is 14.9. The van der Waals surface area contributed by atoms with Gasteiger partial charge in [-0.25, -0.2) is 9.97 Å². The van der Waals surface area contributed by atoms with Gasteiger partial charge in [0, 0.05) is 18.1 Å². The maximum Gasteiger partial charge on any atom is 0.256 e. The van der Waals surface area contributed by atoms with Crippen molar-refractivity contribution in [2.24, 2.45) is 0 Å². The van der Waals surface area contributed by atoms with Gasteiger partial charge in [0.25, 0.3) is 5.91 Å². The molecule has 0 spiro atoms. The van der Waals surface area contributed by atoms with E-state index in [0.717, 1.165) is 16.6 Å². The Hall–Kier alpha value is -3.68. The predicted molar refractivity (Wildman–Crippen MR) is 99.2 cm³/mol. The summed E-state index contributed by atoms with van der Waals surface area (Å²) >= 11 is 0. The molecule has 0 aliphatic carbocycles. The second-order valence-electron chi connectivity index (χ2n) is 6.18. The van der Waals surface area contributed by atoms with Crippen molar-refractivity contribution >= 4 is 16.8 Å². The molecule has 27 heavy (non-hydrogen) atoms. The first-order valence-electron chi connectivity index (χ1n) is 8.43. The number of nitrogens with zero attached hydrogens (tertiary/aromatic N) is 7. The summed E-state index contributed by atoms with van der Waals surface area (Å²) in [6, 6.07) is 15.0. The van der Waals surface area contributed by atoms with Gasteiger partial charge in [-0.3, -0.25) is 4.79 Å². The molecule has 0 saturated heterocycles. The van der Waals surface area contributed by atoms with Gasteiger partial charge in [0.2, 0.25) is 0 Å². The van der Waals surface area contributed by atoms with Gasteiger partial charge in [-0.1, -0.05) is 30.3 Å². The highest BCUT2D eigenvalue weighted by molar-refractivity contribution is 5.97. The van der Waals surface area contributed by atoms with E-state index in [-0.39, 0.29) is 5.91 Å². The highest BCUT2D eigenvalue weighted by Gasteiger charge is 2.18. The molecule has 4 rings (SSSR count). The Balaban J connectivity index is 1.63. The SMILES string of the molecule is Cc1nc(CN(C)C(=O)c2ccccc2-n2cnnn2)nc2ccccc12. The standard InChI is InChI=1S/C19H17N7O/c1-13-14-7-3-5-9-16(14)22-18(21-13)11-25(2)19(27)15-8-4-6-10-17(15)26-12-20-23-24-26/h3-10,12H,11H2,1-2H3. The summed E-state index contributed by atoms with van der Waals surface area (Å²) in [5.74, 6) is 0.442. The van der Waals surface area contributed by atoms with E-state index in [4.69, 9.17) is 0 Å². The largest absolute Gasteiger partial charge is 0.334 e. The molecule has 0 aliphatic heterocycles. The Bertz CT molecular complexity index is 1110. The normalized spacial score (nSPS) is 10.9. The first-order chi connectivity index (χ1) is 13.1. The number of fused-ring (bicyclic) bond motifs is 1. The highest BCUT2D eigenvalue weighted by atomic mass is 16.2. The molecule has 8 heteroatoms. The van der Waals surface area contributed by atoms with Crippen LogP contribution in [0.25, 0.3) is 16.6 Å². The van der Waals surface area contributed by atoms with Crippen LogP contribution in [0.1, 0.15) is 21.9 Å². The molecule has 0 fully saturated rings. The Kier molecular flexibility index (Phi) is 4.29. The van der Waals surface area contributed by atoms with Crippen LogP contribution in [0.3, 0.4) is 0 Å². The van der Waals surface area contributed by atoms with Crippen LogP contribution in [0.5, 0.6) is 0 Å². The molecule has 8 nitrogen and oxygen atoms in total. The predicted octanol–water partition coefficient (Wildman–Crippen LogP) is 2.19. The van der Waals surface area contributed by atoms with E-state index in [2.05, 4.69) is 25.5 Å². The van der Waals surface area contributed by atoms with Crippen molar-refractivity contribution in [3.63, 3.8) is 0 Å². The lowest BCUT2D eigenvalue weighted by molar-refractivity contribution is 0.0781. The fraction of sp³-hybridized carbons (Fsp3) is 0.158. The summed E-state index contributed by atoms with van der Waals surface area (Å²) in [4.78, 5) is 23.7. The molecule has 4 aromatic rings. The van der Waals surface area contributed by atoms with Crippen molar-refractivity contribution in [1.29, 1.82) is 0 Å². The van der Waals surface area contributed by atoms with Gasteiger partial charge in [-0.05, 0) is 35.5 Å². The quantitative estimate of drug-likeness (QED) is 0.555. The molecule has 0 bridgehead atoms. The van der Waals surface area contributed by atoms with Crippen LogP contribution >= 0.6 is 0 Å². The number of aryl methyl sites for hydroxylation is 1. The number of amides is 1. The van der Waals surface area contributed by atoms with E-state index in [1.54, 1.807) is 24.1 Å². The molecule has 0 N–H and O–H groups in total. The number of para-hydroxylation sites is 2. The van der Waals surface area contributed by atoms with Crippen LogP contribution in [0.4, 0.5) is 0 Å². The molecule has 2 heterocycles. The summed E-state index contributed by atoms with van der Waals surface area (Å²) in [5, 5.41) is 12.2. The van der Waals surface area contributed by atoms with Crippen LogP contribution in [0.2, 0.25) is 0 Å². The van der Waals surface area contributed by atoms with Crippen molar-refractivity contribution in [2.45, 2.75) is 13.5 Å². The zero-order chi connectivity index (χ0) is 18.8. The summed E-state index contributed by atoms with van der Waals surface area (Å²) in [6.07, 6.45) is 1.46. The molecule has 0 saturated carbocycles. The third-order valence-corrected chi connectivity index (χ3v) is 4.30. The Morgan fingerprint density at radius 2 is 1.85 bits per heavy atom. The maximum absolute atomic E-state index is 13.0. The van der Waals surface area contributed by atoms with Crippen molar-refractivity contribution in [2.75, 3.05) is 7.05 Å². The number of benzene rings is 2. The highest BCUT2D eigenvalue weighted by Crippen LogP contribution is 2.18. The van der Waals surface area contributed by atoms with Gasteiger partial charge in [0.1, 0.15) is 12.2 Å². The molecule has 0 aliphatic rings. The topological polar surface area (TPSA) is 89.7 Å². The lowest BCUT2D eigenvalue weighted by Crippen LogP contribution is -2.28. The molecule has 1 amide bonds. The van der Waals surface area contributed by atoms with E-state index < -0.39 is 0 Å². The van der Waals surface area contributed by atoms with E-state index in [1.165, 1.54) is 11.0 Å². The number of hydrogen-bond acceptors (Lipinski definition) is 6. The number of rotatable bonds is 4. The third-order valence-electron chi connectivity index (χ3n) is 4.30. The average molecular weight is 359 g/mol. The Labute approximate surface area is 155 Å². The summed E-state index contributed by atoms with van der Waals surface area (Å²) in [5.41, 5.74) is 2.89. The van der Waals surface area contributed by atoms with Gasteiger partial charge in [0.05, 0.1) is 23.3 Å². The zero-order valence-electron chi connectivity index (χ0n) is 14.9. The Morgan fingerprint density at radius 3 is 2.67 bits per heavy atom. The molecule has 134 valence electrons. The van der Waals surface area contributed by atoms with Crippen molar-refractivity contribution < 1.29 is 4.79 Å². The number of carbonyl (C=O) groups is 1. The number of tetrazole rings is 1. The monoisotopic (exact) mass is 359 g/mol. The second kappa shape index (κ2) is 6.91. The van der Waals surface area contributed by atoms with E-state index in [9.17, 15) is 4.79 Å². The van der Waals surface area contributed by atoms with Gasteiger partial charge in [-0.15, -0.1) is 5.10 Å². The fourth-order valence-corrected chi connectivity index (χ4v) is 2.98. The first kappa shape index (κ1) is 16.8. The van der Waals surface area contributed by atoms with Crippen LogP contribution in [0, 0.1) is 6.92 Å². The van der Waals surface area contributed by atoms with Crippen molar-refractivity contribution in [3.8, 4) is 5.69 Å². The lowest BCUT2D eigenvalue weighted by atomic mass is 10.1. The number of hydrogen-bond donors (Lipinski definition) is 0. The van der Waals surface area contributed by atoms with Crippen molar-refractivity contribution in [1.82, 2.24) is 35.1 Å². The molecule has 2 aromatic carbocycles. The van der Waals surface area contributed by atoms with Crippen LogP contribution in [-0.2, 0) is 6.54 Å². The van der Waals surface area contributed by atoms with E-state index >= 15 is 0 Å². The molecule has 0 atom stereocenters.